The molecule has 2 aromatic carbocycles. The van der Waals surface area contributed by atoms with Crippen molar-refractivity contribution in [1.29, 1.82) is 0 Å². The number of benzene rings is 2. The number of nitrogens with zero attached hydrogens (tertiary/aromatic N) is 2. The second kappa shape index (κ2) is 8.46. The van der Waals surface area contributed by atoms with Crippen molar-refractivity contribution < 1.29 is 14.1 Å². The molecule has 2 N–H and O–H groups in total. The lowest BCUT2D eigenvalue weighted by Crippen LogP contribution is -2.13. The standard InChI is InChI=1S/C19H17ClN4O3/c1-12(25)21-15-6-3-7-16(11-15)22-17(26)8-9-18-23-19(24-27-18)13-4-2-5-14(20)10-13/h2-7,10-11H,8-9H2,1H3,(H,21,25)(H,22,26). The molecule has 3 aromatic rings. The molecule has 7 nitrogen and oxygen atoms in total. The van der Waals surface area contributed by atoms with E-state index >= 15 is 0 Å². The fraction of sp³-hybridized carbons (Fsp3) is 0.158. The van der Waals surface area contributed by atoms with Crippen LogP contribution in [0.1, 0.15) is 19.2 Å². The Morgan fingerprint density at radius 2 is 1.81 bits per heavy atom. The summed E-state index contributed by atoms with van der Waals surface area (Å²) in [6, 6.07) is 14.0. The number of amides is 2. The highest BCUT2D eigenvalue weighted by Crippen LogP contribution is 2.20. The van der Waals surface area contributed by atoms with Crippen molar-refractivity contribution in [1.82, 2.24) is 10.1 Å². The number of carbonyl (C=O) groups is 2. The summed E-state index contributed by atoms with van der Waals surface area (Å²) in [6.07, 6.45) is 0.492. The van der Waals surface area contributed by atoms with Crippen LogP contribution in [0.25, 0.3) is 11.4 Å². The Morgan fingerprint density at radius 1 is 1.07 bits per heavy atom. The number of hydrogen-bond donors (Lipinski definition) is 2. The molecule has 1 aromatic heterocycles. The van der Waals surface area contributed by atoms with Crippen LogP contribution in [0.3, 0.4) is 0 Å². The van der Waals surface area contributed by atoms with Gasteiger partial charge in [0, 0.05) is 41.7 Å². The van der Waals surface area contributed by atoms with Crippen LogP contribution in [0.15, 0.2) is 53.1 Å². The highest BCUT2D eigenvalue weighted by atomic mass is 35.5. The van der Waals surface area contributed by atoms with Crippen molar-refractivity contribution in [3.8, 4) is 11.4 Å². The quantitative estimate of drug-likeness (QED) is 0.671. The van der Waals surface area contributed by atoms with Crippen LogP contribution in [0, 0.1) is 0 Å². The van der Waals surface area contributed by atoms with Crippen molar-refractivity contribution in [2.45, 2.75) is 19.8 Å². The maximum Gasteiger partial charge on any atom is 0.227 e. The molecule has 0 spiro atoms. The SMILES string of the molecule is CC(=O)Nc1cccc(NC(=O)CCc2nc(-c3cccc(Cl)c3)no2)c1. The van der Waals surface area contributed by atoms with Gasteiger partial charge >= 0.3 is 0 Å². The molecular weight excluding hydrogens is 368 g/mol. The van der Waals surface area contributed by atoms with Gasteiger partial charge in [-0.1, -0.05) is 35.0 Å². The second-order valence-electron chi connectivity index (χ2n) is 5.83. The number of anilines is 2. The van der Waals surface area contributed by atoms with Crippen LogP contribution < -0.4 is 10.6 Å². The molecule has 0 aliphatic heterocycles. The first-order chi connectivity index (χ1) is 13.0. The average Bonchev–Trinajstić information content (AvgIpc) is 3.09. The van der Waals surface area contributed by atoms with Crippen LogP contribution in [0.4, 0.5) is 11.4 Å². The minimum absolute atomic E-state index is 0.176. The highest BCUT2D eigenvalue weighted by Gasteiger charge is 2.11. The molecule has 0 fully saturated rings. The summed E-state index contributed by atoms with van der Waals surface area (Å²) >= 11 is 5.96. The second-order valence-corrected chi connectivity index (χ2v) is 6.27. The van der Waals surface area contributed by atoms with Crippen LogP contribution >= 0.6 is 11.6 Å². The van der Waals surface area contributed by atoms with Crippen LogP contribution in [0.5, 0.6) is 0 Å². The molecule has 1 heterocycles. The Morgan fingerprint density at radius 3 is 2.56 bits per heavy atom. The van der Waals surface area contributed by atoms with Crippen molar-refractivity contribution in [2.24, 2.45) is 0 Å². The lowest BCUT2D eigenvalue weighted by Gasteiger charge is -2.07. The van der Waals surface area contributed by atoms with Gasteiger partial charge in [0.05, 0.1) is 0 Å². The number of halogens is 1. The maximum atomic E-state index is 12.1. The van der Waals surface area contributed by atoms with Crippen molar-refractivity contribution in [3.05, 3.63) is 59.4 Å². The third-order valence-corrected chi connectivity index (χ3v) is 3.82. The van der Waals surface area contributed by atoms with Gasteiger partial charge in [0.1, 0.15) is 0 Å². The molecule has 8 heteroatoms. The Balaban J connectivity index is 1.56. The molecule has 138 valence electrons. The topological polar surface area (TPSA) is 97.1 Å². The summed E-state index contributed by atoms with van der Waals surface area (Å²) in [4.78, 5) is 27.5. The van der Waals surface area contributed by atoms with E-state index < -0.39 is 0 Å². The number of hydrogen-bond acceptors (Lipinski definition) is 5. The zero-order valence-corrected chi connectivity index (χ0v) is 15.3. The van der Waals surface area contributed by atoms with Gasteiger partial charge in [-0.2, -0.15) is 4.98 Å². The Labute approximate surface area is 160 Å². The van der Waals surface area contributed by atoms with Crippen molar-refractivity contribution >= 4 is 34.8 Å². The van der Waals surface area contributed by atoms with Crippen LogP contribution in [-0.2, 0) is 16.0 Å². The minimum Gasteiger partial charge on any atom is -0.339 e. The number of carbonyl (C=O) groups excluding carboxylic acids is 2. The predicted octanol–water partition coefficient (Wildman–Crippen LogP) is 3.92. The van der Waals surface area contributed by atoms with E-state index in [1.807, 2.05) is 6.07 Å². The van der Waals surface area contributed by atoms with Gasteiger partial charge in [-0.05, 0) is 30.3 Å². The van der Waals surface area contributed by atoms with E-state index in [9.17, 15) is 9.59 Å². The van der Waals surface area contributed by atoms with E-state index in [2.05, 4.69) is 20.8 Å². The van der Waals surface area contributed by atoms with Crippen LogP contribution in [-0.4, -0.2) is 22.0 Å². The first kappa shape index (κ1) is 18.6. The predicted molar refractivity (Wildman–Crippen MR) is 102 cm³/mol. The number of aryl methyl sites for hydroxylation is 1. The molecule has 27 heavy (non-hydrogen) atoms. The summed E-state index contributed by atoms with van der Waals surface area (Å²) < 4.78 is 5.19. The van der Waals surface area contributed by atoms with Gasteiger partial charge in [-0.15, -0.1) is 0 Å². The monoisotopic (exact) mass is 384 g/mol. The normalized spacial score (nSPS) is 10.4. The Kier molecular flexibility index (Phi) is 5.83. The summed E-state index contributed by atoms with van der Waals surface area (Å²) in [7, 11) is 0. The van der Waals surface area contributed by atoms with Crippen LogP contribution in [0.2, 0.25) is 5.02 Å². The van der Waals surface area contributed by atoms with Gasteiger partial charge < -0.3 is 15.2 Å². The Bertz CT molecular complexity index is 971. The van der Waals surface area contributed by atoms with Gasteiger partial charge in [-0.3, -0.25) is 9.59 Å². The molecule has 0 unspecified atom stereocenters. The van der Waals surface area contributed by atoms with E-state index in [0.717, 1.165) is 5.56 Å². The first-order valence-electron chi connectivity index (χ1n) is 8.25. The van der Waals surface area contributed by atoms with Gasteiger partial charge in [0.15, 0.2) is 0 Å². The van der Waals surface area contributed by atoms with Crippen molar-refractivity contribution in [2.75, 3.05) is 10.6 Å². The lowest BCUT2D eigenvalue weighted by molar-refractivity contribution is -0.116. The Hall–Kier alpha value is -3.19. The molecule has 0 aliphatic carbocycles. The first-order valence-corrected chi connectivity index (χ1v) is 8.63. The lowest BCUT2D eigenvalue weighted by atomic mass is 10.2. The molecular formula is C19H17ClN4O3. The molecule has 0 saturated carbocycles. The van der Waals surface area contributed by atoms with E-state index in [1.54, 1.807) is 42.5 Å². The molecule has 0 saturated heterocycles. The fourth-order valence-electron chi connectivity index (χ4n) is 2.42. The number of nitrogens with one attached hydrogen (secondary N) is 2. The fourth-order valence-corrected chi connectivity index (χ4v) is 2.61. The zero-order chi connectivity index (χ0) is 19.2. The average molecular weight is 385 g/mol. The summed E-state index contributed by atoms with van der Waals surface area (Å²) in [5.41, 5.74) is 1.96. The molecule has 0 bridgehead atoms. The molecule has 2 amide bonds. The maximum absolute atomic E-state index is 12.1. The van der Waals surface area contributed by atoms with Gasteiger partial charge in [0.2, 0.25) is 23.5 Å². The van der Waals surface area contributed by atoms with Gasteiger partial charge in [-0.25, -0.2) is 0 Å². The summed E-state index contributed by atoms with van der Waals surface area (Å²) in [6.45, 7) is 1.42. The number of rotatable bonds is 6. The zero-order valence-electron chi connectivity index (χ0n) is 14.5. The van der Waals surface area contributed by atoms with Crippen molar-refractivity contribution in [3.63, 3.8) is 0 Å². The largest absolute Gasteiger partial charge is 0.339 e. The van der Waals surface area contributed by atoms with Gasteiger partial charge in [0.25, 0.3) is 0 Å². The molecule has 3 rings (SSSR count). The molecule has 0 aliphatic rings. The van der Waals surface area contributed by atoms with E-state index in [1.165, 1.54) is 6.92 Å². The molecule has 0 atom stereocenters. The summed E-state index contributed by atoms with van der Waals surface area (Å²) in [5.74, 6) is 0.422. The highest BCUT2D eigenvalue weighted by molar-refractivity contribution is 6.30. The smallest absolute Gasteiger partial charge is 0.227 e. The third-order valence-electron chi connectivity index (χ3n) is 3.58. The van der Waals surface area contributed by atoms with E-state index in [0.29, 0.717) is 34.5 Å². The molecule has 0 radical (unpaired) electrons. The van der Waals surface area contributed by atoms with E-state index in [4.69, 9.17) is 16.1 Å². The van der Waals surface area contributed by atoms with E-state index in [-0.39, 0.29) is 18.2 Å². The number of aromatic nitrogens is 2. The third kappa shape index (κ3) is 5.39. The summed E-state index contributed by atoms with van der Waals surface area (Å²) in [5, 5.41) is 9.93. The minimum atomic E-state index is -0.197.